The van der Waals surface area contributed by atoms with Gasteiger partial charge in [-0.3, -0.25) is 4.98 Å². The molecule has 2 aromatic heterocycles. The van der Waals surface area contributed by atoms with E-state index in [2.05, 4.69) is 16.0 Å². The Hall–Kier alpha value is -2.77. The van der Waals surface area contributed by atoms with Crippen molar-refractivity contribution in [1.82, 2.24) is 9.97 Å². The lowest BCUT2D eigenvalue weighted by atomic mass is 10.1. The van der Waals surface area contributed by atoms with Crippen molar-refractivity contribution < 1.29 is 0 Å². The number of allylic oxidation sites excluding steroid dienone is 1. The lowest BCUT2D eigenvalue weighted by Crippen LogP contribution is -1.83. The van der Waals surface area contributed by atoms with Gasteiger partial charge in [-0.25, -0.2) is 4.98 Å². The van der Waals surface area contributed by atoms with Crippen molar-refractivity contribution in [3.8, 4) is 17.3 Å². The predicted molar refractivity (Wildman–Crippen MR) is 85.3 cm³/mol. The fourth-order valence-electron chi connectivity index (χ4n) is 1.91. The third kappa shape index (κ3) is 3.04. The van der Waals surface area contributed by atoms with Crippen LogP contribution < -0.4 is 0 Å². The van der Waals surface area contributed by atoms with E-state index in [0.717, 1.165) is 21.8 Å². The highest BCUT2D eigenvalue weighted by molar-refractivity contribution is 7.11. The average molecular weight is 289 g/mol. The van der Waals surface area contributed by atoms with Crippen molar-refractivity contribution in [3.63, 3.8) is 0 Å². The Morgan fingerprint density at radius 1 is 1.10 bits per heavy atom. The number of nitriles is 1. The van der Waals surface area contributed by atoms with Gasteiger partial charge in [-0.15, -0.1) is 11.3 Å². The molecule has 21 heavy (non-hydrogen) atoms. The summed E-state index contributed by atoms with van der Waals surface area (Å²) >= 11 is 1.47. The van der Waals surface area contributed by atoms with E-state index >= 15 is 0 Å². The summed E-state index contributed by atoms with van der Waals surface area (Å²) in [5.41, 5.74) is 3.44. The zero-order chi connectivity index (χ0) is 14.5. The molecule has 0 saturated carbocycles. The summed E-state index contributed by atoms with van der Waals surface area (Å²) in [7, 11) is 0. The van der Waals surface area contributed by atoms with Gasteiger partial charge in [0, 0.05) is 23.3 Å². The van der Waals surface area contributed by atoms with Gasteiger partial charge in [-0.1, -0.05) is 30.3 Å². The molecule has 0 aliphatic heterocycles. The molecule has 4 heteroatoms. The van der Waals surface area contributed by atoms with Gasteiger partial charge in [-0.2, -0.15) is 5.26 Å². The number of hydrogen-bond acceptors (Lipinski definition) is 4. The normalized spacial score (nSPS) is 11.1. The first-order valence-corrected chi connectivity index (χ1v) is 7.28. The molecule has 0 radical (unpaired) electrons. The van der Waals surface area contributed by atoms with E-state index in [1.54, 1.807) is 12.4 Å². The first kappa shape index (κ1) is 13.2. The second-order valence-corrected chi connectivity index (χ2v) is 5.21. The maximum Gasteiger partial charge on any atom is 0.134 e. The Bertz CT molecular complexity index is 799. The molecule has 0 aliphatic rings. The molecule has 0 amide bonds. The summed E-state index contributed by atoms with van der Waals surface area (Å²) in [6.07, 6.45) is 5.33. The molecule has 0 unspecified atom stereocenters. The molecule has 0 spiro atoms. The molecule has 0 saturated heterocycles. The number of pyridine rings is 1. The molecule has 0 aliphatic carbocycles. The smallest absolute Gasteiger partial charge is 0.134 e. The zero-order valence-corrected chi connectivity index (χ0v) is 11.9. The Morgan fingerprint density at radius 2 is 1.86 bits per heavy atom. The molecule has 2 heterocycles. The van der Waals surface area contributed by atoms with Crippen LogP contribution in [0.15, 0.2) is 60.2 Å². The Morgan fingerprint density at radius 3 is 2.57 bits per heavy atom. The molecule has 3 aromatic rings. The quantitative estimate of drug-likeness (QED) is 0.676. The first-order chi connectivity index (χ1) is 10.4. The molecule has 3 nitrogen and oxygen atoms in total. The van der Waals surface area contributed by atoms with Crippen molar-refractivity contribution >= 4 is 23.0 Å². The summed E-state index contributed by atoms with van der Waals surface area (Å²) in [6.45, 7) is 0. The molecular formula is C17H11N3S. The van der Waals surface area contributed by atoms with Crippen molar-refractivity contribution in [2.24, 2.45) is 0 Å². The summed E-state index contributed by atoms with van der Waals surface area (Å²) in [5.74, 6) is 0. The highest BCUT2D eigenvalue weighted by Gasteiger charge is 2.08. The van der Waals surface area contributed by atoms with Crippen LogP contribution in [0.5, 0.6) is 0 Å². The molecule has 3 rings (SSSR count). The van der Waals surface area contributed by atoms with Crippen LogP contribution in [0.3, 0.4) is 0 Å². The lowest BCUT2D eigenvalue weighted by Gasteiger charge is -1.96. The van der Waals surface area contributed by atoms with Crippen LogP contribution in [0.25, 0.3) is 22.9 Å². The van der Waals surface area contributed by atoms with Gasteiger partial charge in [0.25, 0.3) is 0 Å². The van der Waals surface area contributed by atoms with Crippen LogP contribution in [0, 0.1) is 11.3 Å². The minimum Gasteiger partial charge on any atom is -0.265 e. The van der Waals surface area contributed by atoms with Gasteiger partial charge in [0.15, 0.2) is 0 Å². The van der Waals surface area contributed by atoms with Gasteiger partial charge in [-0.05, 0) is 23.8 Å². The van der Waals surface area contributed by atoms with Gasteiger partial charge < -0.3 is 0 Å². The lowest BCUT2D eigenvalue weighted by molar-refractivity contribution is 1.31. The maximum atomic E-state index is 9.36. The van der Waals surface area contributed by atoms with Crippen molar-refractivity contribution in [2.75, 3.05) is 0 Å². The molecule has 0 atom stereocenters. The first-order valence-electron chi connectivity index (χ1n) is 6.40. The third-order valence-corrected chi connectivity index (χ3v) is 3.82. The minimum absolute atomic E-state index is 0.575. The van der Waals surface area contributed by atoms with Crippen molar-refractivity contribution in [3.05, 3.63) is 70.8 Å². The van der Waals surface area contributed by atoms with Crippen LogP contribution >= 0.6 is 11.3 Å². The molecular weight excluding hydrogens is 278 g/mol. The summed E-state index contributed by atoms with van der Waals surface area (Å²) < 4.78 is 0. The Kier molecular flexibility index (Phi) is 3.85. The Balaban J connectivity index is 1.95. The largest absolute Gasteiger partial charge is 0.265 e. The van der Waals surface area contributed by atoms with E-state index in [1.165, 1.54) is 11.3 Å². The fourth-order valence-corrected chi connectivity index (χ4v) is 2.71. The van der Waals surface area contributed by atoms with Crippen LogP contribution in [0.4, 0.5) is 0 Å². The number of nitrogens with zero attached hydrogens (tertiary/aromatic N) is 3. The van der Waals surface area contributed by atoms with Crippen molar-refractivity contribution in [2.45, 2.75) is 0 Å². The fraction of sp³-hybridized carbons (Fsp3) is 0. The summed E-state index contributed by atoms with van der Waals surface area (Å²) in [6, 6.07) is 15.8. The van der Waals surface area contributed by atoms with Gasteiger partial charge >= 0.3 is 0 Å². The van der Waals surface area contributed by atoms with E-state index in [-0.39, 0.29) is 0 Å². The second-order valence-electron chi connectivity index (χ2n) is 4.35. The number of thiazole rings is 1. The summed E-state index contributed by atoms with van der Waals surface area (Å²) in [5, 5.41) is 12.0. The van der Waals surface area contributed by atoms with E-state index < -0.39 is 0 Å². The average Bonchev–Trinajstić information content (AvgIpc) is 3.04. The number of rotatable bonds is 3. The van der Waals surface area contributed by atoms with Crippen LogP contribution in [-0.2, 0) is 0 Å². The topological polar surface area (TPSA) is 49.6 Å². The molecule has 0 bridgehead atoms. The van der Waals surface area contributed by atoms with Crippen LogP contribution in [0.1, 0.15) is 10.6 Å². The van der Waals surface area contributed by atoms with E-state index in [1.807, 2.05) is 53.9 Å². The molecule has 100 valence electrons. The highest BCUT2D eigenvalue weighted by Crippen LogP contribution is 2.26. The number of aromatic nitrogens is 2. The van der Waals surface area contributed by atoms with E-state index in [0.29, 0.717) is 5.57 Å². The van der Waals surface area contributed by atoms with Crippen LogP contribution in [-0.4, -0.2) is 9.97 Å². The third-order valence-electron chi connectivity index (χ3n) is 2.94. The standard InChI is InChI=1S/C17H11N3S/c18-11-15(10-13-4-2-1-3-5-13)17-20-16(12-21-17)14-6-8-19-9-7-14/h1-10,12H. The SMILES string of the molecule is N#CC(=Cc1ccccc1)c1nc(-c2ccncc2)cs1. The monoisotopic (exact) mass is 289 g/mol. The highest BCUT2D eigenvalue weighted by atomic mass is 32.1. The number of benzene rings is 1. The van der Waals surface area contributed by atoms with Gasteiger partial charge in [0.2, 0.25) is 0 Å². The second kappa shape index (κ2) is 6.12. The van der Waals surface area contributed by atoms with Crippen LogP contribution in [0.2, 0.25) is 0 Å². The maximum absolute atomic E-state index is 9.36. The minimum atomic E-state index is 0.575. The van der Waals surface area contributed by atoms with E-state index in [9.17, 15) is 5.26 Å². The van der Waals surface area contributed by atoms with Crippen molar-refractivity contribution in [1.29, 1.82) is 5.26 Å². The zero-order valence-electron chi connectivity index (χ0n) is 11.1. The summed E-state index contributed by atoms with van der Waals surface area (Å²) in [4.78, 5) is 8.54. The van der Waals surface area contributed by atoms with E-state index in [4.69, 9.17) is 0 Å². The molecule has 0 fully saturated rings. The van der Waals surface area contributed by atoms with Gasteiger partial charge in [0.1, 0.15) is 11.1 Å². The molecule has 1 aromatic carbocycles. The number of hydrogen-bond donors (Lipinski definition) is 0. The van der Waals surface area contributed by atoms with Gasteiger partial charge in [0.05, 0.1) is 11.3 Å². The Labute approximate surface area is 126 Å². The molecule has 0 N–H and O–H groups in total. The predicted octanol–water partition coefficient (Wildman–Crippen LogP) is 4.27.